The van der Waals surface area contributed by atoms with Crippen molar-refractivity contribution in [1.82, 2.24) is 5.32 Å². The van der Waals surface area contributed by atoms with Gasteiger partial charge in [0.2, 0.25) is 0 Å². The zero-order valence-electron chi connectivity index (χ0n) is 10.3. The van der Waals surface area contributed by atoms with E-state index in [2.05, 4.69) is 17.6 Å². The van der Waals surface area contributed by atoms with E-state index in [1.54, 1.807) is 0 Å². The normalized spacial score (nSPS) is 24.8. The zero-order valence-corrected chi connectivity index (χ0v) is 11.9. The van der Waals surface area contributed by atoms with Crippen LogP contribution >= 0.6 is 23.4 Å². The Bertz CT molecular complexity index is 356. The third-order valence-corrected chi connectivity index (χ3v) is 4.77. The lowest BCUT2D eigenvalue weighted by atomic mass is 9.95. The molecule has 1 saturated carbocycles. The summed E-state index contributed by atoms with van der Waals surface area (Å²) in [6.07, 6.45) is 7.60. The summed E-state index contributed by atoms with van der Waals surface area (Å²) in [5.41, 5.74) is 1.28. The molecule has 1 aromatic carbocycles. The predicted molar refractivity (Wildman–Crippen MR) is 77.9 cm³/mol. The van der Waals surface area contributed by atoms with Crippen LogP contribution in [0.15, 0.2) is 24.3 Å². The Labute approximate surface area is 113 Å². The largest absolute Gasteiger partial charge is 0.310 e. The SMILES string of the molecule is CSC1CCCC(NCc2cccc(Cl)c2)C1. The van der Waals surface area contributed by atoms with E-state index in [-0.39, 0.29) is 0 Å². The van der Waals surface area contributed by atoms with Crippen molar-refractivity contribution < 1.29 is 0 Å². The maximum Gasteiger partial charge on any atom is 0.0409 e. The van der Waals surface area contributed by atoms with Gasteiger partial charge in [0.25, 0.3) is 0 Å². The van der Waals surface area contributed by atoms with E-state index in [4.69, 9.17) is 11.6 Å². The lowest BCUT2D eigenvalue weighted by Gasteiger charge is -2.28. The van der Waals surface area contributed by atoms with Crippen LogP contribution in [0.4, 0.5) is 0 Å². The van der Waals surface area contributed by atoms with E-state index < -0.39 is 0 Å². The molecule has 0 aromatic heterocycles. The molecule has 0 radical (unpaired) electrons. The summed E-state index contributed by atoms with van der Waals surface area (Å²) in [5, 5.41) is 5.33. The highest BCUT2D eigenvalue weighted by molar-refractivity contribution is 7.99. The third kappa shape index (κ3) is 4.20. The van der Waals surface area contributed by atoms with Gasteiger partial charge in [0.05, 0.1) is 0 Å². The molecule has 2 atom stereocenters. The molecule has 0 bridgehead atoms. The Kier molecular flexibility index (Phi) is 5.20. The van der Waals surface area contributed by atoms with Gasteiger partial charge >= 0.3 is 0 Å². The Morgan fingerprint density at radius 2 is 2.29 bits per heavy atom. The molecule has 0 saturated heterocycles. The average Bonchev–Trinajstić information content (AvgIpc) is 2.37. The summed E-state index contributed by atoms with van der Waals surface area (Å²) in [5.74, 6) is 0. The molecule has 2 rings (SSSR count). The molecule has 1 N–H and O–H groups in total. The monoisotopic (exact) mass is 269 g/mol. The van der Waals surface area contributed by atoms with Gasteiger partial charge in [-0.05, 0) is 43.2 Å². The molecule has 1 nitrogen and oxygen atoms in total. The van der Waals surface area contributed by atoms with Gasteiger partial charge in [-0.2, -0.15) is 11.8 Å². The van der Waals surface area contributed by atoms with Gasteiger partial charge in [-0.3, -0.25) is 0 Å². The van der Waals surface area contributed by atoms with Crippen LogP contribution in [0.25, 0.3) is 0 Å². The standard InChI is InChI=1S/C14H20ClNS/c1-17-14-7-3-6-13(9-14)16-10-11-4-2-5-12(15)8-11/h2,4-5,8,13-14,16H,3,6-7,9-10H2,1H3. The summed E-state index contributed by atoms with van der Waals surface area (Å²) in [7, 11) is 0. The smallest absolute Gasteiger partial charge is 0.0409 e. The van der Waals surface area contributed by atoms with Crippen LogP contribution in [0.1, 0.15) is 31.2 Å². The van der Waals surface area contributed by atoms with E-state index in [1.807, 2.05) is 30.0 Å². The van der Waals surface area contributed by atoms with E-state index in [1.165, 1.54) is 31.2 Å². The molecule has 1 fully saturated rings. The van der Waals surface area contributed by atoms with Crippen LogP contribution in [-0.4, -0.2) is 17.5 Å². The lowest BCUT2D eigenvalue weighted by Crippen LogP contribution is -2.34. The summed E-state index contributed by atoms with van der Waals surface area (Å²) in [4.78, 5) is 0. The summed E-state index contributed by atoms with van der Waals surface area (Å²) < 4.78 is 0. The Morgan fingerprint density at radius 1 is 1.41 bits per heavy atom. The average molecular weight is 270 g/mol. The molecule has 3 heteroatoms. The second kappa shape index (κ2) is 6.67. The van der Waals surface area contributed by atoms with Crippen molar-refractivity contribution in [2.75, 3.05) is 6.26 Å². The zero-order chi connectivity index (χ0) is 12.1. The van der Waals surface area contributed by atoms with E-state index >= 15 is 0 Å². The number of nitrogens with one attached hydrogen (secondary N) is 1. The molecule has 1 aliphatic carbocycles. The first-order valence-electron chi connectivity index (χ1n) is 6.28. The highest BCUT2D eigenvalue weighted by Gasteiger charge is 2.20. The van der Waals surface area contributed by atoms with E-state index in [9.17, 15) is 0 Å². The summed E-state index contributed by atoms with van der Waals surface area (Å²) in [6.45, 7) is 0.937. The molecule has 0 aliphatic heterocycles. The van der Waals surface area contributed by atoms with Gasteiger partial charge in [-0.15, -0.1) is 0 Å². The van der Waals surface area contributed by atoms with Crippen molar-refractivity contribution in [3.8, 4) is 0 Å². The van der Waals surface area contributed by atoms with Gasteiger partial charge in [0.1, 0.15) is 0 Å². The number of hydrogen-bond donors (Lipinski definition) is 1. The first-order chi connectivity index (χ1) is 8.28. The highest BCUT2D eigenvalue weighted by atomic mass is 35.5. The van der Waals surface area contributed by atoms with Gasteiger partial charge in [-0.1, -0.05) is 30.2 Å². The minimum Gasteiger partial charge on any atom is -0.310 e. The Morgan fingerprint density at radius 3 is 3.06 bits per heavy atom. The van der Waals surface area contributed by atoms with Crippen LogP contribution in [-0.2, 0) is 6.54 Å². The molecule has 0 spiro atoms. The molecule has 1 aromatic rings. The number of halogens is 1. The van der Waals surface area contributed by atoms with E-state index in [0.717, 1.165) is 16.8 Å². The van der Waals surface area contributed by atoms with Crippen molar-refractivity contribution in [3.63, 3.8) is 0 Å². The molecule has 0 heterocycles. The third-order valence-electron chi connectivity index (χ3n) is 3.44. The Hall–Kier alpha value is -0.180. The molecular formula is C14H20ClNS. The van der Waals surface area contributed by atoms with E-state index in [0.29, 0.717) is 6.04 Å². The number of benzene rings is 1. The van der Waals surface area contributed by atoms with Crippen LogP contribution in [0, 0.1) is 0 Å². The second-order valence-corrected chi connectivity index (χ2v) is 6.31. The number of thioether (sulfide) groups is 1. The molecule has 94 valence electrons. The van der Waals surface area contributed by atoms with Crippen LogP contribution in [0.5, 0.6) is 0 Å². The molecular weight excluding hydrogens is 250 g/mol. The fourth-order valence-electron chi connectivity index (χ4n) is 2.45. The van der Waals surface area contributed by atoms with Crippen molar-refractivity contribution in [1.29, 1.82) is 0 Å². The lowest BCUT2D eigenvalue weighted by molar-refractivity contribution is 0.380. The van der Waals surface area contributed by atoms with Gasteiger partial charge in [-0.25, -0.2) is 0 Å². The molecule has 1 aliphatic rings. The van der Waals surface area contributed by atoms with Crippen molar-refractivity contribution >= 4 is 23.4 Å². The maximum atomic E-state index is 5.98. The fourth-order valence-corrected chi connectivity index (χ4v) is 3.49. The van der Waals surface area contributed by atoms with Crippen molar-refractivity contribution in [2.45, 2.75) is 43.5 Å². The number of rotatable bonds is 4. The highest BCUT2D eigenvalue weighted by Crippen LogP contribution is 2.27. The van der Waals surface area contributed by atoms with Gasteiger partial charge in [0.15, 0.2) is 0 Å². The molecule has 17 heavy (non-hydrogen) atoms. The quantitative estimate of drug-likeness (QED) is 0.883. The first kappa shape index (κ1) is 13.3. The molecule has 2 unspecified atom stereocenters. The Balaban J connectivity index is 1.81. The number of hydrogen-bond acceptors (Lipinski definition) is 2. The minimum absolute atomic E-state index is 0.681. The predicted octanol–water partition coefficient (Wildman–Crippen LogP) is 4.10. The van der Waals surface area contributed by atoms with Crippen molar-refractivity contribution in [2.24, 2.45) is 0 Å². The van der Waals surface area contributed by atoms with Gasteiger partial charge < -0.3 is 5.32 Å². The first-order valence-corrected chi connectivity index (χ1v) is 7.95. The molecule has 0 amide bonds. The summed E-state index contributed by atoms with van der Waals surface area (Å²) in [6, 6.07) is 8.80. The van der Waals surface area contributed by atoms with Gasteiger partial charge in [0, 0.05) is 22.9 Å². The summed E-state index contributed by atoms with van der Waals surface area (Å²) >= 11 is 7.99. The van der Waals surface area contributed by atoms with Crippen LogP contribution in [0.2, 0.25) is 5.02 Å². The van der Waals surface area contributed by atoms with Crippen molar-refractivity contribution in [3.05, 3.63) is 34.9 Å². The fraction of sp³-hybridized carbons (Fsp3) is 0.571. The van der Waals surface area contributed by atoms with Crippen LogP contribution in [0.3, 0.4) is 0 Å². The second-order valence-electron chi connectivity index (χ2n) is 4.73. The topological polar surface area (TPSA) is 12.0 Å². The maximum absolute atomic E-state index is 5.98. The minimum atomic E-state index is 0.681. The van der Waals surface area contributed by atoms with Crippen LogP contribution < -0.4 is 5.32 Å².